The molecule has 0 aliphatic heterocycles. The second-order valence-corrected chi connectivity index (χ2v) is 4.89. The van der Waals surface area contributed by atoms with Crippen molar-refractivity contribution in [3.8, 4) is 0 Å². The predicted molar refractivity (Wildman–Crippen MR) is 62.5 cm³/mol. The number of aryl methyl sites for hydroxylation is 1. The monoisotopic (exact) mass is 271 g/mol. The first-order valence-electron chi connectivity index (χ1n) is 4.18. The van der Waals surface area contributed by atoms with E-state index in [-0.39, 0.29) is 0 Å². The molecule has 0 saturated heterocycles. The van der Waals surface area contributed by atoms with E-state index in [0.717, 1.165) is 16.7 Å². The SMILES string of the molecule is Cc1cnc(N)n1Cc1sccc1Br. The number of hydrogen-bond acceptors (Lipinski definition) is 3. The summed E-state index contributed by atoms with van der Waals surface area (Å²) in [6, 6.07) is 2.04. The summed E-state index contributed by atoms with van der Waals surface area (Å²) < 4.78 is 3.13. The van der Waals surface area contributed by atoms with Crippen LogP contribution in [0.25, 0.3) is 0 Å². The van der Waals surface area contributed by atoms with Crippen LogP contribution in [-0.4, -0.2) is 9.55 Å². The maximum atomic E-state index is 5.75. The Labute approximate surface area is 94.7 Å². The van der Waals surface area contributed by atoms with Gasteiger partial charge >= 0.3 is 0 Å². The molecule has 0 aliphatic rings. The van der Waals surface area contributed by atoms with Gasteiger partial charge in [-0.2, -0.15) is 0 Å². The van der Waals surface area contributed by atoms with Gasteiger partial charge in [0.05, 0.1) is 12.7 Å². The number of rotatable bonds is 2. The van der Waals surface area contributed by atoms with Crippen LogP contribution in [0, 0.1) is 6.92 Å². The molecule has 2 aromatic heterocycles. The standard InChI is InChI=1S/C9H10BrN3S/c1-6-4-12-9(11)13(6)5-8-7(10)2-3-14-8/h2-4H,5H2,1H3,(H2,11,12). The van der Waals surface area contributed by atoms with E-state index in [2.05, 4.69) is 26.3 Å². The number of hydrogen-bond donors (Lipinski definition) is 1. The van der Waals surface area contributed by atoms with E-state index in [4.69, 9.17) is 5.73 Å². The van der Waals surface area contributed by atoms with Crippen LogP contribution in [0.4, 0.5) is 5.95 Å². The number of nitrogens with zero attached hydrogens (tertiary/aromatic N) is 2. The van der Waals surface area contributed by atoms with Gasteiger partial charge in [-0.05, 0) is 34.3 Å². The van der Waals surface area contributed by atoms with Gasteiger partial charge in [-0.1, -0.05) is 0 Å². The summed E-state index contributed by atoms with van der Waals surface area (Å²) in [5.74, 6) is 0.572. The van der Waals surface area contributed by atoms with Crippen molar-refractivity contribution in [1.82, 2.24) is 9.55 Å². The summed E-state index contributed by atoms with van der Waals surface area (Å²) in [5, 5.41) is 2.06. The molecule has 2 heterocycles. The van der Waals surface area contributed by atoms with Crippen LogP contribution in [-0.2, 0) is 6.54 Å². The van der Waals surface area contributed by atoms with Gasteiger partial charge in [0.25, 0.3) is 0 Å². The lowest BCUT2D eigenvalue weighted by Crippen LogP contribution is -2.05. The van der Waals surface area contributed by atoms with Gasteiger partial charge in [0.1, 0.15) is 0 Å². The molecule has 0 saturated carbocycles. The fourth-order valence-electron chi connectivity index (χ4n) is 1.27. The second-order valence-electron chi connectivity index (χ2n) is 3.04. The Morgan fingerprint density at radius 1 is 1.64 bits per heavy atom. The first-order chi connectivity index (χ1) is 6.68. The van der Waals surface area contributed by atoms with Crippen molar-refractivity contribution < 1.29 is 0 Å². The average Bonchev–Trinajstić information content (AvgIpc) is 2.67. The molecule has 0 spiro atoms. The molecule has 14 heavy (non-hydrogen) atoms. The van der Waals surface area contributed by atoms with Crippen LogP contribution in [0.3, 0.4) is 0 Å². The Bertz CT molecular complexity index is 427. The quantitative estimate of drug-likeness (QED) is 0.913. The molecule has 0 aliphatic carbocycles. The van der Waals surface area contributed by atoms with Gasteiger partial charge in [0.15, 0.2) is 0 Å². The fourth-order valence-corrected chi connectivity index (χ4v) is 2.73. The number of nitrogen functional groups attached to an aromatic ring is 1. The Balaban J connectivity index is 2.31. The number of anilines is 1. The largest absolute Gasteiger partial charge is 0.369 e. The van der Waals surface area contributed by atoms with Crippen molar-refractivity contribution in [3.63, 3.8) is 0 Å². The van der Waals surface area contributed by atoms with Crippen LogP contribution in [0.5, 0.6) is 0 Å². The molecule has 0 fully saturated rings. The molecular formula is C9H10BrN3S. The van der Waals surface area contributed by atoms with E-state index in [1.54, 1.807) is 17.5 Å². The van der Waals surface area contributed by atoms with Crippen LogP contribution >= 0.6 is 27.3 Å². The minimum Gasteiger partial charge on any atom is -0.369 e. The third-order valence-electron chi connectivity index (χ3n) is 2.08. The molecule has 0 atom stereocenters. The van der Waals surface area contributed by atoms with E-state index < -0.39 is 0 Å². The van der Waals surface area contributed by atoms with Gasteiger partial charge in [0, 0.05) is 15.0 Å². The summed E-state index contributed by atoms with van der Waals surface area (Å²) in [7, 11) is 0. The Hall–Kier alpha value is -0.810. The molecule has 0 radical (unpaired) electrons. The minimum absolute atomic E-state index is 0.572. The Kier molecular flexibility index (Phi) is 2.60. The van der Waals surface area contributed by atoms with Gasteiger partial charge in [-0.25, -0.2) is 4.98 Å². The van der Waals surface area contributed by atoms with E-state index in [0.29, 0.717) is 5.95 Å². The minimum atomic E-state index is 0.572. The molecule has 0 amide bonds. The highest BCUT2D eigenvalue weighted by molar-refractivity contribution is 9.10. The number of halogens is 1. The average molecular weight is 272 g/mol. The smallest absolute Gasteiger partial charge is 0.200 e. The molecule has 2 aromatic rings. The lowest BCUT2D eigenvalue weighted by atomic mass is 10.4. The highest BCUT2D eigenvalue weighted by Crippen LogP contribution is 2.24. The summed E-state index contributed by atoms with van der Waals surface area (Å²) >= 11 is 5.21. The maximum Gasteiger partial charge on any atom is 0.200 e. The summed E-state index contributed by atoms with van der Waals surface area (Å²) in [6.45, 7) is 2.79. The van der Waals surface area contributed by atoms with E-state index in [1.165, 1.54) is 4.88 Å². The van der Waals surface area contributed by atoms with Gasteiger partial charge in [-0.3, -0.25) is 0 Å². The van der Waals surface area contributed by atoms with Crippen molar-refractivity contribution in [2.45, 2.75) is 13.5 Å². The normalized spacial score (nSPS) is 10.7. The zero-order valence-corrected chi connectivity index (χ0v) is 10.1. The van der Waals surface area contributed by atoms with Crippen molar-refractivity contribution >= 4 is 33.2 Å². The van der Waals surface area contributed by atoms with Crippen molar-refractivity contribution in [3.05, 3.63) is 32.7 Å². The highest BCUT2D eigenvalue weighted by atomic mass is 79.9. The molecule has 2 rings (SSSR count). The Morgan fingerprint density at radius 3 is 2.93 bits per heavy atom. The van der Waals surface area contributed by atoms with Gasteiger partial charge in [-0.15, -0.1) is 11.3 Å². The Morgan fingerprint density at radius 2 is 2.43 bits per heavy atom. The number of imidazole rings is 1. The van der Waals surface area contributed by atoms with Gasteiger partial charge < -0.3 is 10.3 Å². The second kappa shape index (κ2) is 3.74. The predicted octanol–water partition coefficient (Wildman–Crippen LogP) is 2.65. The molecule has 0 unspecified atom stereocenters. The number of aromatic nitrogens is 2. The zero-order valence-electron chi connectivity index (χ0n) is 7.70. The molecule has 2 N–H and O–H groups in total. The van der Waals surface area contributed by atoms with Crippen LogP contribution in [0.2, 0.25) is 0 Å². The molecule has 74 valence electrons. The summed E-state index contributed by atoms with van der Waals surface area (Å²) in [4.78, 5) is 5.32. The number of nitrogens with two attached hydrogens (primary N) is 1. The van der Waals surface area contributed by atoms with Crippen molar-refractivity contribution in [2.24, 2.45) is 0 Å². The fraction of sp³-hybridized carbons (Fsp3) is 0.222. The molecule has 0 aromatic carbocycles. The summed E-state index contributed by atoms with van der Waals surface area (Å²) in [6.07, 6.45) is 1.79. The zero-order chi connectivity index (χ0) is 10.1. The van der Waals surface area contributed by atoms with Crippen LogP contribution < -0.4 is 5.73 Å². The molecular weight excluding hydrogens is 262 g/mol. The topological polar surface area (TPSA) is 43.8 Å². The number of thiophene rings is 1. The van der Waals surface area contributed by atoms with Gasteiger partial charge in [0.2, 0.25) is 5.95 Å². The summed E-state index contributed by atoms with van der Waals surface area (Å²) in [5.41, 5.74) is 6.84. The van der Waals surface area contributed by atoms with Crippen LogP contribution in [0.1, 0.15) is 10.6 Å². The maximum absolute atomic E-state index is 5.75. The lowest BCUT2D eigenvalue weighted by Gasteiger charge is -2.05. The molecule has 0 bridgehead atoms. The third kappa shape index (κ3) is 1.69. The van der Waals surface area contributed by atoms with E-state index in [1.807, 2.05) is 17.6 Å². The van der Waals surface area contributed by atoms with Crippen LogP contribution in [0.15, 0.2) is 22.1 Å². The lowest BCUT2D eigenvalue weighted by molar-refractivity contribution is 0.792. The molecule has 3 nitrogen and oxygen atoms in total. The first-order valence-corrected chi connectivity index (χ1v) is 5.85. The van der Waals surface area contributed by atoms with E-state index >= 15 is 0 Å². The van der Waals surface area contributed by atoms with E-state index in [9.17, 15) is 0 Å². The first kappa shape index (κ1) is 9.73. The highest BCUT2D eigenvalue weighted by Gasteiger charge is 2.07. The van der Waals surface area contributed by atoms with Crippen molar-refractivity contribution in [1.29, 1.82) is 0 Å². The molecule has 5 heteroatoms. The van der Waals surface area contributed by atoms with Crippen molar-refractivity contribution in [2.75, 3.05) is 5.73 Å². The third-order valence-corrected chi connectivity index (χ3v) is 3.99.